The van der Waals surface area contributed by atoms with Crippen LogP contribution in [0.15, 0.2) is 40.2 Å². The van der Waals surface area contributed by atoms with Crippen LogP contribution < -0.4 is 16.1 Å². The van der Waals surface area contributed by atoms with E-state index >= 15 is 0 Å². The number of carbonyl (C=O) groups is 1. The second-order valence-electron chi connectivity index (χ2n) is 7.77. The first-order valence-corrected chi connectivity index (χ1v) is 10.6. The van der Waals surface area contributed by atoms with E-state index in [1.54, 1.807) is 17.9 Å². The van der Waals surface area contributed by atoms with Crippen molar-refractivity contribution in [2.24, 2.45) is 14.1 Å². The number of hydrogen-bond donors (Lipinski definition) is 0. The highest BCUT2D eigenvalue weighted by Crippen LogP contribution is 2.21. The molecule has 0 unspecified atom stereocenters. The molecule has 0 aliphatic carbocycles. The molecule has 4 rings (SSSR count). The molecule has 31 heavy (non-hydrogen) atoms. The van der Waals surface area contributed by atoms with E-state index in [0.29, 0.717) is 48.7 Å². The van der Waals surface area contributed by atoms with E-state index in [1.165, 1.54) is 11.6 Å². The van der Waals surface area contributed by atoms with Gasteiger partial charge < -0.3 is 14.4 Å². The maximum Gasteiger partial charge on any atom is 0.332 e. The third-order valence-electron chi connectivity index (χ3n) is 5.81. The van der Waals surface area contributed by atoms with Gasteiger partial charge in [0.15, 0.2) is 11.2 Å². The molecule has 9 nitrogen and oxygen atoms in total. The lowest BCUT2D eigenvalue weighted by Gasteiger charge is -2.36. The highest BCUT2D eigenvalue weighted by atomic mass is 35.5. The summed E-state index contributed by atoms with van der Waals surface area (Å²) in [4.78, 5) is 45.5. The van der Waals surface area contributed by atoms with E-state index in [1.807, 2.05) is 29.2 Å². The van der Waals surface area contributed by atoms with E-state index in [-0.39, 0.29) is 11.5 Å². The molecule has 164 valence electrons. The molecule has 0 spiro atoms. The molecule has 1 amide bonds. The van der Waals surface area contributed by atoms with Crippen LogP contribution >= 0.6 is 11.6 Å². The van der Waals surface area contributed by atoms with Crippen LogP contribution in [-0.2, 0) is 25.4 Å². The fourth-order valence-corrected chi connectivity index (χ4v) is 4.20. The second-order valence-corrected chi connectivity index (χ2v) is 8.20. The minimum Gasteiger partial charge on any atom is -0.368 e. The zero-order valence-electron chi connectivity index (χ0n) is 17.6. The monoisotopic (exact) mass is 444 g/mol. The molecule has 0 atom stereocenters. The van der Waals surface area contributed by atoms with Crippen molar-refractivity contribution in [3.8, 4) is 0 Å². The topological polar surface area (TPSA) is 85.4 Å². The van der Waals surface area contributed by atoms with E-state index in [2.05, 4.69) is 9.88 Å². The summed E-state index contributed by atoms with van der Waals surface area (Å²) < 4.78 is 4.16. The number of carbonyl (C=O) groups excluding carboxylic acids is 1. The van der Waals surface area contributed by atoms with Crippen LogP contribution in [0.1, 0.15) is 12.8 Å². The van der Waals surface area contributed by atoms with Gasteiger partial charge in [0.05, 0.1) is 6.33 Å². The smallest absolute Gasteiger partial charge is 0.332 e. The maximum atomic E-state index is 12.7. The standard InChI is InChI=1S/C21H25ClN6O3/c1-24-19-18(20(30)25(2)21(24)31)28(14-23-19)8-4-7-17(29)27-11-9-26(10-12-27)16-6-3-5-15(22)13-16/h3,5-6,13-14H,4,7-12H2,1-2H3. The number of piperazine rings is 1. The molecule has 3 heterocycles. The van der Waals surface area contributed by atoms with Gasteiger partial charge in [-0.3, -0.25) is 18.7 Å². The van der Waals surface area contributed by atoms with Crippen molar-refractivity contribution in [2.75, 3.05) is 31.1 Å². The first-order valence-electron chi connectivity index (χ1n) is 10.3. The maximum absolute atomic E-state index is 12.7. The molecule has 0 radical (unpaired) electrons. The average Bonchev–Trinajstić information content (AvgIpc) is 3.20. The number of rotatable bonds is 5. The summed E-state index contributed by atoms with van der Waals surface area (Å²) in [6.45, 7) is 3.35. The largest absolute Gasteiger partial charge is 0.368 e. The Kier molecular flexibility index (Phi) is 5.86. The van der Waals surface area contributed by atoms with Gasteiger partial charge in [-0.05, 0) is 24.6 Å². The van der Waals surface area contributed by atoms with Gasteiger partial charge in [0, 0.05) is 63.9 Å². The minimum absolute atomic E-state index is 0.107. The Balaban J connectivity index is 1.34. The number of aryl methyl sites for hydroxylation is 2. The average molecular weight is 445 g/mol. The Bertz CT molecular complexity index is 1240. The molecule has 0 bridgehead atoms. The molecule has 0 N–H and O–H groups in total. The molecular formula is C21H25ClN6O3. The van der Waals surface area contributed by atoms with Crippen molar-refractivity contribution in [3.63, 3.8) is 0 Å². The Morgan fingerprint density at radius 1 is 1.10 bits per heavy atom. The van der Waals surface area contributed by atoms with Crippen LogP contribution in [0.4, 0.5) is 5.69 Å². The van der Waals surface area contributed by atoms with Crippen molar-refractivity contribution in [3.05, 3.63) is 56.5 Å². The van der Waals surface area contributed by atoms with Gasteiger partial charge >= 0.3 is 5.69 Å². The summed E-state index contributed by atoms with van der Waals surface area (Å²) in [7, 11) is 3.04. The Hall–Kier alpha value is -3.07. The van der Waals surface area contributed by atoms with Gasteiger partial charge in [-0.15, -0.1) is 0 Å². The third-order valence-corrected chi connectivity index (χ3v) is 6.05. The van der Waals surface area contributed by atoms with E-state index in [9.17, 15) is 14.4 Å². The summed E-state index contributed by atoms with van der Waals surface area (Å²) in [6.07, 6.45) is 2.54. The number of imidazole rings is 1. The van der Waals surface area contributed by atoms with Crippen LogP contribution in [0, 0.1) is 0 Å². The lowest BCUT2D eigenvalue weighted by atomic mass is 10.2. The van der Waals surface area contributed by atoms with Crippen molar-refractivity contribution in [2.45, 2.75) is 19.4 Å². The van der Waals surface area contributed by atoms with E-state index in [0.717, 1.165) is 23.3 Å². The van der Waals surface area contributed by atoms with Gasteiger partial charge in [0.25, 0.3) is 5.56 Å². The van der Waals surface area contributed by atoms with E-state index in [4.69, 9.17) is 11.6 Å². The minimum atomic E-state index is -0.408. The van der Waals surface area contributed by atoms with Crippen LogP contribution in [0.5, 0.6) is 0 Å². The lowest BCUT2D eigenvalue weighted by molar-refractivity contribution is -0.131. The Morgan fingerprint density at radius 2 is 1.84 bits per heavy atom. The number of hydrogen-bond acceptors (Lipinski definition) is 5. The molecular weight excluding hydrogens is 420 g/mol. The molecule has 0 saturated carbocycles. The number of benzene rings is 1. The summed E-state index contributed by atoms with van der Waals surface area (Å²) in [5.41, 5.74) is 1.03. The molecule has 1 aromatic carbocycles. The summed E-state index contributed by atoms with van der Waals surface area (Å²) in [5, 5.41) is 0.706. The number of aromatic nitrogens is 4. The molecule has 1 aliphatic rings. The summed E-state index contributed by atoms with van der Waals surface area (Å²) >= 11 is 6.08. The molecule has 1 saturated heterocycles. The Morgan fingerprint density at radius 3 is 2.55 bits per heavy atom. The van der Waals surface area contributed by atoms with Crippen LogP contribution in [-0.4, -0.2) is 55.7 Å². The molecule has 1 fully saturated rings. The first-order chi connectivity index (χ1) is 14.9. The predicted molar refractivity (Wildman–Crippen MR) is 120 cm³/mol. The van der Waals surface area contributed by atoms with Gasteiger partial charge in [-0.1, -0.05) is 17.7 Å². The molecule has 10 heteroatoms. The van der Waals surface area contributed by atoms with Crippen molar-refractivity contribution >= 4 is 34.4 Å². The SMILES string of the molecule is Cn1c(=O)c2c(ncn2CCCC(=O)N2CCN(c3cccc(Cl)c3)CC2)n(C)c1=O. The van der Waals surface area contributed by atoms with Gasteiger partial charge in [0.1, 0.15) is 0 Å². The number of fused-ring (bicyclic) bond motifs is 1. The number of amides is 1. The number of anilines is 1. The van der Waals surface area contributed by atoms with Crippen LogP contribution in [0.3, 0.4) is 0 Å². The number of halogens is 1. The highest BCUT2D eigenvalue weighted by molar-refractivity contribution is 6.30. The summed E-state index contributed by atoms with van der Waals surface area (Å²) in [6, 6.07) is 7.75. The quantitative estimate of drug-likeness (QED) is 0.590. The van der Waals surface area contributed by atoms with Gasteiger partial charge in [0.2, 0.25) is 5.91 Å². The second kappa shape index (κ2) is 8.58. The summed E-state index contributed by atoms with van der Waals surface area (Å²) in [5.74, 6) is 0.107. The molecule has 2 aromatic heterocycles. The highest BCUT2D eigenvalue weighted by Gasteiger charge is 2.21. The zero-order valence-corrected chi connectivity index (χ0v) is 18.4. The van der Waals surface area contributed by atoms with Gasteiger partial charge in [-0.2, -0.15) is 0 Å². The van der Waals surface area contributed by atoms with Crippen LogP contribution in [0.2, 0.25) is 5.02 Å². The number of nitrogens with zero attached hydrogens (tertiary/aromatic N) is 6. The Labute approximate surface area is 184 Å². The lowest BCUT2D eigenvalue weighted by Crippen LogP contribution is -2.48. The van der Waals surface area contributed by atoms with Crippen molar-refractivity contribution in [1.29, 1.82) is 0 Å². The normalized spacial score (nSPS) is 14.4. The molecule has 3 aromatic rings. The predicted octanol–water partition coefficient (Wildman–Crippen LogP) is 1.22. The fourth-order valence-electron chi connectivity index (χ4n) is 4.01. The van der Waals surface area contributed by atoms with Crippen molar-refractivity contribution in [1.82, 2.24) is 23.6 Å². The molecule has 1 aliphatic heterocycles. The van der Waals surface area contributed by atoms with Gasteiger partial charge in [-0.25, -0.2) is 9.78 Å². The van der Waals surface area contributed by atoms with Crippen molar-refractivity contribution < 1.29 is 4.79 Å². The zero-order chi connectivity index (χ0) is 22.1. The van der Waals surface area contributed by atoms with E-state index < -0.39 is 5.69 Å². The fraction of sp³-hybridized carbons (Fsp3) is 0.429. The first kappa shape index (κ1) is 21.2. The third kappa shape index (κ3) is 4.10. The van der Waals surface area contributed by atoms with Crippen LogP contribution in [0.25, 0.3) is 11.2 Å².